The van der Waals surface area contributed by atoms with Crippen molar-refractivity contribution in [2.75, 3.05) is 0 Å². The predicted molar refractivity (Wildman–Crippen MR) is 93.1 cm³/mol. The number of aryl methyl sites for hydroxylation is 1. The van der Waals surface area contributed by atoms with E-state index in [-0.39, 0.29) is 5.75 Å². The van der Waals surface area contributed by atoms with Gasteiger partial charge in [-0.25, -0.2) is 4.98 Å². The lowest BCUT2D eigenvalue weighted by molar-refractivity contribution is 0.390. The fourth-order valence-corrected chi connectivity index (χ4v) is 4.05. The van der Waals surface area contributed by atoms with E-state index in [0.717, 1.165) is 22.5 Å². The smallest absolute Gasteiger partial charge is 0.239 e. The zero-order valence-electron chi connectivity index (χ0n) is 12.9. The third kappa shape index (κ3) is 3.02. The summed E-state index contributed by atoms with van der Waals surface area (Å²) in [6, 6.07) is 5.90. The van der Waals surface area contributed by atoms with Gasteiger partial charge < -0.3 is 8.92 Å². The normalized spacial score (nSPS) is 12.7. The molecule has 122 valence electrons. The first-order valence-corrected chi connectivity index (χ1v) is 9.75. The fourth-order valence-electron chi connectivity index (χ4n) is 2.45. The van der Waals surface area contributed by atoms with Crippen molar-refractivity contribution in [3.05, 3.63) is 58.5 Å². The Balaban J connectivity index is 1.47. The van der Waals surface area contributed by atoms with Gasteiger partial charge in [0.1, 0.15) is 11.4 Å². The minimum Gasteiger partial charge on any atom is -0.338 e. The molecule has 4 rings (SSSR count). The first kappa shape index (κ1) is 15.2. The molecule has 0 aliphatic heterocycles. The van der Waals surface area contributed by atoms with E-state index in [0.29, 0.717) is 17.5 Å². The summed E-state index contributed by atoms with van der Waals surface area (Å²) in [5.74, 6) is 1.50. The second-order valence-electron chi connectivity index (χ2n) is 5.41. The summed E-state index contributed by atoms with van der Waals surface area (Å²) in [7, 11) is -1.16. The maximum Gasteiger partial charge on any atom is 0.239 e. The minimum absolute atomic E-state index is 0.226. The number of nitrogens with zero attached hydrogens (tertiary/aromatic N) is 4. The summed E-state index contributed by atoms with van der Waals surface area (Å²) in [5.41, 5.74) is 3.69. The molecule has 0 aliphatic rings. The molecule has 0 saturated carbocycles. The molecule has 8 heteroatoms. The van der Waals surface area contributed by atoms with E-state index in [4.69, 9.17) is 4.52 Å². The van der Waals surface area contributed by atoms with Crippen molar-refractivity contribution in [1.82, 2.24) is 19.5 Å². The lowest BCUT2D eigenvalue weighted by Gasteiger charge is -1.95. The van der Waals surface area contributed by atoms with Gasteiger partial charge in [0.25, 0.3) is 0 Å². The number of thiophene rings is 1. The average molecular weight is 358 g/mol. The molecule has 0 saturated heterocycles. The maximum absolute atomic E-state index is 12.4. The standard InChI is InChI=1S/C16H14N4O2S2/c1-11-3-2-5-20-7-13(17-16(11)20)9-24(21)10-14-18-15(19-22-14)12-4-6-23-8-12/h2-8H,9-10H2,1H3. The Hall–Kier alpha value is -2.32. The zero-order valence-corrected chi connectivity index (χ0v) is 14.5. The molecule has 0 N–H and O–H groups in total. The van der Waals surface area contributed by atoms with Crippen LogP contribution in [-0.2, 0) is 22.3 Å². The van der Waals surface area contributed by atoms with Crippen molar-refractivity contribution in [2.24, 2.45) is 0 Å². The molecule has 4 aromatic heterocycles. The van der Waals surface area contributed by atoms with E-state index < -0.39 is 10.8 Å². The molecule has 0 fully saturated rings. The van der Waals surface area contributed by atoms with Crippen LogP contribution in [0.1, 0.15) is 17.1 Å². The van der Waals surface area contributed by atoms with Crippen LogP contribution in [0.25, 0.3) is 17.0 Å². The molecule has 0 aliphatic carbocycles. The Bertz CT molecular complexity index is 1000. The maximum atomic E-state index is 12.4. The molecule has 4 aromatic rings. The van der Waals surface area contributed by atoms with Gasteiger partial charge >= 0.3 is 0 Å². The quantitative estimate of drug-likeness (QED) is 0.548. The van der Waals surface area contributed by atoms with Gasteiger partial charge in [0.2, 0.25) is 11.7 Å². The molecule has 4 heterocycles. The van der Waals surface area contributed by atoms with Crippen LogP contribution in [0.3, 0.4) is 0 Å². The van der Waals surface area contributed by atoms with Gasteiger partial charge in [-0.1, -0.05) is 11.2 Å². The van der Waals surface area contributed by atoms with Crippen LogP contribution in [0.15, 0.2) is 45.9 Å². The van der Waals surface area contributed by atoms with Crippen molar-refractivity contribution < 1.29 is 8.73 Å². The van der Waals surface area contributed by atoms with Gasteiger partial charge in [0.05, 0.1) is 11.4 Å². The average Bonchev–Trinajstić information content (AvgIpc) is 3.26. The van der Waals surface area contributed by atoms with E-state index in [1.54, 1.807) is 11.3 Å². The summed E-state index contributed by atoms with van der Waals surface area (Å²) < 4.78 is 19.5. The second kappa shape index (κ2) is 6.29. The van der Waals surface area contributed by atoms with Gasteiger partial charge in [-0.2, -0.15) is 16.3 Å². The van der Waals surface area contributed by atoms with Crippen molar-refractivity contribution in [3.63, 3.8) is 0 Å². The van der Waals surface area contributed by atoms with Crippen LogP contribution >= 0.6 is 11.3 Å². The van der Waals surface area contributed by atoms with Gasteiger partial charge in [-0.15, -0.1) is 0 Å². The van der Waals surface area contributed by atoms with Crippen molar-refractivity contribution in [1.29, 1.82) is 0 Å². The Labute approximate surface area is 144 Å². The molecule has 0 amide bonds. The number of aromatic nitrogens is 4. The topological polar surface area (TPSA) is 73.3 Å². The molecule has 0 aromatic carbocycles. The third-order valence-electron chi connectivity index (χ3n) is 3.57. The lowest BCUT2D eigenvalue weighted by Crippen LogP contribution is -2.00. The Morgan fingerprint density at radius 3 is 3.00 bits per heavy atom. The number of hydrogen-bond donors (Lipinski definition) is 0. The van der Waals surface area contributed by atoms with Gasteiger partial charge in [0.15, 0.2) is 0 Å². The lowest BCUT2D eigenvalue weighted by atomic mass is 10.3. The van der Waals surface area contributed by atoms with Crippen molar-refractivity contribution in [2.45, 2.75) is 18.4 Å². The van der Waals surface area contributed by atoms with Gasteiger partial charge in [-0.3, -0.25) is 4.21 Å². The zero-order chi connectivity index (χ0) is 16.5. The largest absolute Gasteiger partial charge is 0.338 e. The molecule has 0 spiro atoms. The molecular formula is C16H14N4O2S2. The number of imidazole rings is 1. The highest BCUT2D eigenvalue weighted by molar-refractivity contribution is 7.83. The highest BCUT2D eigenvalue weighted by Gasteiger charge is 2.14. The van der Waals surface area contributed by atoms with E-state index in [2.05, 4.69) is 15.1 Å². The fraction of sp³-hybridized carbons (Fsp3) is 0.188. The molecular weight excluding hydrogens is 344 g/mol. The SMILES string of the molecule is Cc1cccn2cc(CS(=O)Cc3nc(-c4ccsc4)no3)nc12. The summed E-state index contributed by atoms with van der Waals surface area (Å²) in [5, 5.41) is 7.83. The number of rotatable bonds is 5. The molecule has 1 unspecified atom stereocenters. The van der Waals surface area contributed by atoms with E-state index >= 15 is 0 Å². The number of hydrogen-bond acceptors (Lipinski definition) is 6. The molecule has 0 radical (unpaired) electrons. The van der Waals surface area contributed by atoms with E-state index in [1.165, 1.54) is 0 Å². The number of pyridine rings is 1. The molecule has 1 atom stereocenters. The summed E-state index contributed by atoms with van der Waals surface area (Å²) >= 11 is 1.57. The van der Waals surface area contributed by atoms with Crippen LogP contribution in [0.4, 0.5) is 0 Å². The van der Waals surface area contributed by atoms with Crippen LogP contribution < -0.4 is 0 Å². The summed E-state index contributed by atoms with van der Waals surface area (Å²) in [6.07, 6.45) is 3.84. The number of fused-ring (bicyclic) bond motifs is 1. The minimum atomic E-state index is -1.16. The van der Waals surface area contributed by atoms with Crippen LogP contribution in [0, 0.1) is 6.92 Å². The van der Waals surface area contributed by atoms with Gasteiger partial charge in [0, 0.05) is 34.1 Å². The van der Waals surface area contributed by atoms with Gasteiger partial charge in [-0.05, 0) is 30.0 Å². The summed E-state index contributed by atoms with van der Waals surface area (Å²) in [6.45, 7) is 2.01. The first-order chi connectivity index (χ1) is 11.7. The van der Waals surface area contributed by atoms with E-state index in [1.807, 2.05) is 52.7 Å². The van der Waals surface area contributed by atoms with Crippen molar-refractivity contribution in [3.8, 4) is 11.4 Å². The third-order valence-corrected chi connectivity index (χ3v) is 5.44. The molecule has 24 heavy (non-hydrogen) atoms. The Morgan fingerprint density at radius 1 is 1.29 bits per heavy atom. The first-order valence-electron chi connectivity index (χ1n) is 7.32. The second-order valence-corrected chi connectivity index (χ2v) is 7.64. The predicted octanol–water partition coefficient (Wildman–Crippen LogP) is 3.20. The van der Waals surface area contributed by atoms with Crippen LogP contribution in [0.5, 0.6) is 0 Å². The highest BCUT2D eigenvalue weighted by Crippen LogP contribution is 2.19. The summed E-state index contributed by atoms with van der Waals surface area (Å²) in [4.78, 5) is 8.85. The van der Waals surface area contributed by atoms with E-state index in [9.17, 15) is 4.21 Å². The molecule has 6 nitrogen and oxygen atoms in total. The molecule has 0 bridgehead atoms. The van der Waals surface area contributed by atoms with Crippen LogP contribution in [0.2, 0.25) is 0 Å². The Kier molecular flexibility index (Phi) is 3.99. The van der Waals surface area contributed by atoms with Crippen molar-refractivity contribution >= 4 is 27.8 Å². The van der Waals surface area contributed by atoms with Crippen LogP contribution in [-0.4, -0.2) is 23.7 Å². The monoisotopic (exact) mass is 358 g/mol. The highest BCUT2D eigenvalue weighted by atomic mass is 32.2. The Morgan fingerprint density at radius 2 is 2.21 bits per heavy atom.